The summed E-state index contributed by atoms with van der Waals surface area (Å²) in [7, 11) is 0. The minimum Gasteiger partial charge on any atom is -0.347 e. The highest BCUT2D eigenvalue weighted by atomic mass is 79.9. The van der Waals surface area contributed by atoms with Gasteiger partial charge in [-0.15, -0.1) is 0 Å². The van der Waals surface area contributed by atoms with E-state index in [2.05, 4.69) is 31.2 Å². The Morgan fingerprint density at radius 3 is 3.15 bits per heavy atom. The molecule has 0 unspecified atom stereocenters. The second kappa shape index (κ2) is 5.28. The number of nitrogens with zero attached hydrogens (tertiary/aromatic N) is 2. The molecule has 104 valence electrons. The third-order valence-corrected chi connectivity index (χ3v) is 4.36. The third-order valence-electron chi connectivity index (χ3n) is 3.47. The summed E-state index contributed by atoms with van der Waals surface area (Å²) in [4.78, 5) is 21.4. The Morgan fingerprint density at radius 1 is 1.50 bits per heavy atom. The normalized spacial score (nSPS) is 14.0. The first kappa shape index (κ1) is 13.2. The Morgan fingerprint density at radius 2 is 2.35 bits per heavy atom. The summed E-state index contributed by atoms with van der Waals surface area (Å²) in [6, 6.07) is 5.70. The topological polar surface area (TPSA) is 61.0 Å². The standard InChI is InChI=1S/C14H15BrN4O/c1-9-6-10(2-3-11(9)15)18-14(20)19-5-4-12-13(7-19)17-8-16-12/h2-3,6,8H,4-5,7H2,1H3,(H,16,17)(H,18,20). The summed E-state index contributed by atoms with van der Waals surface area (Å²) in [5.41, 5.74) is 4.00. The van der Waals surface area contributed by atoms with E-state index in [9.17, 15) is 4.79 Å². The first-order chi connectivity index (χ1) is 9.63. The van der Waals surface area contributed by atoms with Crippen LogP contribution in [0.3, 0.4) is 0 Å². The Hall–Kier alpha value is -1.82. The molecule has 0 saturated carbocycles. The van der Waals surface area contributed by atoms with Crippen LogP contribution in [-0.2, 0) is 13.0 Å². The molecule has 0 atom stereocenters. The monoisotopic (exact) mass is 334 g/mol. The van der Waals surface area contributed by atoms with Crippen LogP contribution in [0.4, 0.5) is 10.5 Å². The Labute approximate surface area is 125 Å². The number of rotatable bonds is 1. The predicted molar refractivity (Wildman–Crippen MR) is 80.6 cm³/mol. The number of halogens is 1. The summed E-state index contributed by atoms with van der Waals surface area (Å²) < 4.78 is 1.04. The van der Waals surface area contributed by atoms with Crippen molar-refractivity contribution in [2.24, 2.45) is 0 Å². The van der Waals surface area contributed by atoms with E-state index in [4.69, 9.17) is 0 Å². The maximum absolute atomic E-state index is 12.3. The highest BCUT2D eigenvalue weighted by Crippen LogP contribution is 2.21. The molecule has 2 aromatic rings. The Kier molecular flexibility index (Phi) is 3.48. The number of carbonyl (C=O) groups excluding carboxylic acids is 1. The number of urea groups is 1. The van der Waals surface area contributed by atoms with Crippen LogP contribution in [0.15, 0.2) is 29.0 Å². The summed E-state index contributed by atoms with van der Waals surface area (Å²) in [6.45, 7) is 3.27. The van der Waals surface area contributed by atoms with Crippen molar-refractivity contribution >= 4 is 27.6 Å². The van der Waals surface area contributed by atoms with Crippen molar-refractivity contribution in [1.29, 1.82) is 0 Å². The second-order valence-electron chi connectivity index (χ2n) is 4.89. The fourth-order valence-electron chi connectivity index (χ4n) is 2.31. The number of aromatic amines is 1. The average Bonchev–Trinajstić information content (AvgIpc) is 2.90. The van der Waals surface area contributed by atoms with Gasteiger partial charge in [-0.3, -0.25) is 0 Å². The number of benzene rings is 1. The van der Waals surface area contributed by atoms with Crippen LogP contribution < -0.4 is 5.32 Å². The molecule has 2 N–H and O–H groups in total. The molecule has 0 saturated heterocycles. The number of imidazole rings is 1. The summed E-state index contributed by atoms with van der Waals surface area (Å²) in [5, 5.41) is 2.93. The lowest BCUT2D eigenvalue weighted by atomic mass is 10.1. The molecule has 1 aliphatic rings. The van der Waals surface area contributed by atoms with E-state index in [-0.39, 0.29) is 6.03 Å². The molecule has 2 heterocycles. The molecule has 0 spiro atoms. The second-order valence-corrected chi connectivity index (χ2v) is 5.75. The van der Waals surface area contributed by atoms with Crippen LogP contribution in [0, 0.1) is 6.92 Å². The molecule has 6 heteroatoms. The molecule has 1 aromatic carbocycles. The van der Waals surface area contributed by atoms with Gasteiger partial charge in [0.15, 0.2) is 0 Å². The van der Waals surface area contributed by atoms with Crippen molar-refractivity contribution in [2.75, 3.05) is 11.9 Å². The zero-order valence-electron chi connectivity index (χ0n) is 11.1. The predicted octanol–water partition coefficient (Wildman–Crippen LogP) is 3.07. The zero-order chi connectivity index (χ0) is 14.1. The number of hydrogen-bond donors (Lipinski definition) is 2. The van der Waals surface area contributed by atoms with Crippen LogP contribution in [0.25, 0.3) is 0 Å². The van der Waals surface area contributed by atoms with Gasteiger partial charge in [0.25, 0.3) is 0 Å². The fourth-order valence-corrected chi connectivity index (χ4v) is 2.56. The molecule has 0 bridgehead atoms. The maximum Gasteiger partial charge on any atom is 0.322 e. The van der Waals surface area contributed by atoms with E-state index in [1.54, 1.807) is 11.2 Å². The highest BCUT2D eigenvalue weighted by molar-refractivity contribution is 9.10. The van der Waals surface area contributed by atoms with E-state index < -0.39 is 0 Å². The largest absolute Gasteiger partial charge is 0.347 e. The molecule has 2 amide bonds. The van der Waals surface area contributed by atoms with E-state index in [0.717, 1.165) is 33.5 Å². The number of hydrogen-bond acceptors (Lipinski definition) is 2. The molecule has 5 nitrogen and oxygen atoms in total. The van der Waals surface area contributed by atoms with Crippen molar-refractivity contribution < 1.29 is 4.79 Å². The third kappa shape index (κ3) is 2.56. The molecule has 1 aliphatic heterocycles. The average molecular weight is 335 g/mol. The van der Waals surface area contributed by atoms with Crippen molar-refractivity contribution in [3.63, 3.8) is 0 Å². The summed E-state index contributed by atoms with van der Waals surface area (Å²) in [5.74, 6) is 0. The van der Waals surface area contributed by atoms with Crippen LogP contribution in [0.1, 0.15) is 17.0 Å². The number of anilines is 1. The van der Waals surface area contributed by atoms with Gasteiger partial charge in [0.2, 0.25) is 0 Å². The van der Waals surface area contributed by atoms with Crippen LogP contribution in [-0.4, -0.2) is 27.4 Å². The van der Waals surface area contributed by atoms with Crippen LogP contribution in [0.2, 0.25) is 0 Å². The molecule has 0 radical (unpaired) electrons. The number of aryl methyl sites for hydroxylation is 1. The van der Waals surface area contributed by atoms with Gasteiger partial charge in [-0.05, 0) is 30.7 Å². The van der Waals surface area contributed by atoms with Crippen molar-refractivity contribution in [3.8, 4) is 0 Å². The van der Waals surface area contributed by atoms with E-state index >= 15 is 0 Å². The van der Waals surface area contributed by atoms with Gasteiger partial charge in [0.1, 0.15) is 0 Å². The zero-order valence-corrected chi connectivity index (χ0v) is 12.7. The number of amides is 2. The Bertz CT molecular complexity index is 652. The molecular formula is C14H15BrN4O. The number of H-pyrrole nitrogens is 1. The minimum atomic E-state index is -0.0769. The molecular weight excluding hydrogens is 320 g/mol. The lowest BCUT2D eigenvalue weighted by molar-refractivity contribution is 0.205. The van der Waals surface area contributed by atoms with Crippen molar-refractivity contribution in [3.05, 3.63) is 46.0 Å². The lowest BCUT2D eigenvalue weighted by Gasteiger charge is -2.26. The summed E-state index contributed by atoms with van der Waals surface area (Å²) in [6.07, 6.45) is 2.48. The van der Waals surface area contributed by atoms with Crippen LogP contribution in [0.5, 0.6) is 0 Å². The molecule has 20 heavy (non-hydrogen) atoms. The van der Waals surface area contributed by atoms with E-state index in [0.29, 0.717) is 13.1 Å². The number of carbonyl (C=O) groups is 1. The SMILES string of the molecule is Cc1cc(NC(=O)N2CCc3nc[nH]c3C2)ccc1Br. The first-order valence-electron chi connectivity index (χ1n) is 6.46. The molecule has 3 rings (SSSR count). The number of nitrogens with one attached hydrogen (secondary N) is 2. The molecule has 0 fully saturated rings. The fraction of sp³-hybridized carbons (Fsp3) is 0.286. The molecule has 1 aromatic heterocycles. The van der Waals surface area contributed by atoms with Crippen molar-refractivity contribution in [1.82, 2.24) is 14.9 Å². The van der Waals surface area contributed by atoms with Gasteiger partial charge >= 0.3 is 6.03 Å². The van der Waals surface area contributed by atoms with Gasteiger partial charge in [0.05, 0.1) is 24.3 Å². The number of aromatic nitrogens is 2. The van der Waals surface area contributed by atoms with Crippen molar-refractivity contribution in [2.45, 2.75) is 19.9 Å². The van der Waals surface area contributed by atoms with Gasteiger partial charge in [-0.1, -0.05) is 15.9 Å². The van der Waals surface area contributed by atoms with Gasteiger partial charge in [0, 0.05) is 23.1 Å². The smallest absolute Gasteiger partial charge is 0.322 e. The van der Waals surface area contributed by atoms with Gasteiger partial charge in [-0.2, -0.15) is 0 Å². The minimum absolute atomic E-state index is 0.0769. The highest BCUT2D eigenvalue weighted by Gasteiger charge is 2.22. The quantitative estimate of drug-likeness (QED) is 0.841. The van der Waals surface area contributed by atoms with E-state index in [1.165, 1.54) is 0 Å². The van der Waals surface area contributed by atoms with E-state index in [1.807, 2.05) is 25.1 Å². The van der Waals surface area contributed by atoms with Gasteiger partial charge in [-0.25, -0.2) is 9.78 Å². The lowest BCUT2D eigenvalue weighted by Crippen LogP contribution is -2.38. The first-order valence-corrected chi connectivity index (χ1v) is 7.26. The molecule has 0 aliphatic carbocycles. The Balaban J connectivity index is 1.69. The summed E-state index contributed by atoms with van der Waals surface area (Å²) >= 11 is 3.45. The maximum atomic E-state index is 12.3. The number of fused-ring (bicyclic) bond motifs is 1. The van der Waals surface area contributed by atoms with Crippen LogP contribution >= 0.6 is 15.9 Å². The van der Waals surface area contributed by atoms with Gasteiger partial charge < -0.3 is 15.2 Å².